The van der Waals surface area contributed by atoms with Gasteiger partial charge in [-0.05, 0) is 30.7 Å². The number of ether oxygens (including phenoxy) is 1. The molecule has 0 spiro atoms. The third-order valence-corrected chi connectivity index (χ3v) is 3.81. The summed E-state index contributed by atoms with van der Waals surface area (Å²) >= 11 is 6.85. The number of benzene rings is 1. The van der Waals surface area contributed by atoms with E-state index in [2.05, 4.69) is 36.8 Å². The lowest BCUT2D eigenvalue weighted by molar-refractivity contribution is -0.138. The number of aliphatic carboxylic acids is 1. The van der Waals surface area contributed by atoms with Gasteiger partial charge in [0, 0.05) is 35.9 Å². The van der Waals surface area contributed by atoms with Gasteiger partial charge in [-0.3, -0.25) is 4.79 Å². The summed E-state index contributed by atoms with van der Waals surface area (Å²) in [6.07, 6.45) is -0.111. The van der Waals surface area contributed by atoms with Crippen molar-refractivity contribution in [1.82, 2.24) is 0 Å². The highest BCUT2D eigenvalue weighted by Gasteiger charge is 2.17. The van der Waals surface area contributed by atoms with Gasteiger partial charge in [0.05, 0.1) is 0 Å². The molecule has 0 aliphatic rings. The molecule has 0 heterocycles. The minimum Gasteiger partial charge on any atom is -0.481 e. The largest absolute Gasteiger partial charge is 0.481 e. The lowest BCUT2D eigenvalue weighted by atomic mass is 10.2. The zero-order valence-electron chi connectivity index (χ0n) is 12.6. The summed E-state index contributed by atoms with van der Waals surface area (Å²) in [5.74, 6) is -1.23. The summed E-state index contributed by atoms with van der Waals surface area (Å²) in [4.78, 5) is 24.4. The predicted molar refractivity (Wildman–Crippen MR) is 96.7 cm³/mol. The van der Waals surface area contributed by atoms with Gasteiger partial charge in [-0.15, -0.1) is 0 Å². The zero-order valence-corrected chi connectivity index (χ0v) is 15.8. The highest BCUT2D eigenvalue weighted by atomic mass is 79.9. The van der Waals surface area contributed by atoms with Crippen molar-refractivity contribution in [3.8, 4) is 5.75 Å². The topological polar surface area (TPSA) is 92.9 Å². The van der Waals surface area contributed by atoms with Crippen LogP contribution in [-0.4, -0.2) is 46.8 Å². The van der Waals surface area contributed by atoms with Gasteiger partial charge in [-0.25, -0.2) is 4.79 Å². The third-order valence-electron chi connectivity index (χ3n) is 3.10. The number of carboxylic acids is 1. The number of anilines is 1. The molecule has 0 bridgehead atoms. The predicted octanol–water partition coefficient (Wildman–Crippen LogP) is 2.38. The highest BCUT2D eigenvalue weighted by Crippen LogP contribution is 2.20. The summed E-state index contributed by atoms with van der Waals surface area (Å²) < 4.78 is 5.17. The molecule has 128 valence electrons. The maximum Gasteiger partial charge on any atom is 0.328 e. The second-order valence-corrected chi connectivity index (χ2v) is 6.40. The number of carbonyl (C=O) groups excluding carboxylic acids is 1. The fraction of sp³-hybridized carbons (Fsp3) is 0.467. The van der Waals surface area contributed by atoms with Crippen LogP contribution in [0.1, 0.15) is 12.8 Å². The number of carbonyl (C=O) groups is 2. The van der Waals surface area contributed by atoms with Crippen molar-refractivity contribution in [3.63, 3.8) is 0 Å². The van der Waals surface area contributed by atoms with Crippen molar-refractivity contribution in [2.75, 3.05) is 28.6 Å². The third kappa shape index (κ3) is 7.32. The number of hydrogen-bond acceptors (Lipinski definition) is 5. The molecule has 0 saturated heterocycles. The normalized spacial score (nSPS) is 11.8. The average Bonchev–Trinajstić information content (AvgIpc) is 2.53. The fourth-order valence-electron chi connectivity index (χ4n) is 1.89. The lowest BCUT2D eigenvalue weighted by Gasteiger charge is -2.23. The Morgan fingerprint density at radius 1 is 1.17 bits per heavy atom. The Balaban J connectivity index is 2.62. The molecule has 0 aromatic heterocycles. The molecule has 0 fully saturated rings. The van der Waals surface area contributed by atoms with Crippen LogP contribution < -0.4 is 15.4 Å². The monoisotopic (exact) mass is 450 g/mol. The van der Waals surface area contributed by atoms with Crippen molar-refractivity contribution >= 4 is 49.5 Å². The quantitative estimate of drug-likeness (QED) is 0.322. The van der Waals surface area contributed by atoms with Crippen LogP contribution in [0.25, 0.3) is 0 Å². The molecule has 0 amide bonds. The number of nitrogens with two attached hydrogens (primary N) is 1. The lowest BCUT2D eigenvalue weighted by Crippen LogP contribution is -2.34. The SMILES string of the molecule is N[C@@H](CCC(=O)O)C(=O)Oc1ccc(N(CCBr)CCBr)cc1. The zero-order chi connectivity index (χ0) is 17.2. The molecule has 0 unspecified atom stereocenters. The van der Waals surface area contributed by atoms with Crippen molar-refractivity contribution in [3.05, 3.63) is 24.3 Å². The molecule has 0 aliphatic heterocycles. The van der Waals surface area contributed by atoms with Crippen LogP contribution in [0.2, 0.25) is 0 Å². The Kier molecular flexibility index (Phi) is 9.20. The van der Waals surface area contributed by atoms with Gasteiger partial charge in [0.2, 0.25) is 0 Å². The molecule has 1 atom stereocenters. The first kappa shape index (κ1) is 19.9. The second kappa shape index (κ2) is 10.6. The maximum atomic E-state index is 11.8. The minimum atomic E-state index is -0.990. The average molecular weight is 452 g/mol. The van der Waals surface area contributed by atoms with Crippen LogP contribution in [-0.2, 0) is 9.59 Å². The van der Waals surface area contributed by atoms with Crippen LogP contribution in [0, 0.1) is 0 Å². The van der Waals surface area contributed by atoms with Crippen LogP contribution >= 0.6 is 31.9 Å². The molecule has 8 heteroatoms. The van der Waals surface area contributed by atoms with E-state index in [1.165, 1.54) is 0 Å². The smallest absolute Gasteiger partial charge is 0.328 e. The molecule has 6 nitrogen and oxygen atoms in total. The van der Waals surface area contributed by atoms with Crippen LogP contribution in [0.5, 0.6) is 5.75 Å². The molecular formula is C15H20Br2N2O4. The Labute approximate surface area is 152 Å². The Bertz CT molecular complexity index is 505. The molecule has 1 aromatic rings. The van der Waals surface area contributed by atoms with Gasteiger partial charge in [0.25, 0.3) is 0 Å². The van der Waals surface area contributed by atoms with Gasteiger partial charge < -0.3 is 20.5 Å². The summed E-state index contributed by atoms with van der Waals surface area (Å²) in [5, 5.41) is 10.3. The van der Waals surface area contributed by atoms with E-state index < -0.39 is 18.0 Å². The van der Waals surface area contributed by atoms with E-state index in [1.807, 2.05) is 12.1 Å². The van der Waals surface area contributed by atoms with Crippen LogP contribution in [0.3, 0.4) is 0 Å². The standard InChI is InChI=1S/C15H20Br2N2O4/c16-7-9-19(10-8-17)11-1-3-12(4-2-11)23-15(22)13(18)5-6-14(20)21/h1-4,13H,5-10,18H2,(H,20,21)/t13-/m0/s1. The van der Waals surface area contributed by atoms with Gasteiger partial charge in [-0.2, -0.15) is 0 Å². The highest BCUT2D eigenvalue weighted by molar-refractivity contribution is 9.09. The van der Waals surface area contributed by atoms with Crippen molar-refractivity contribution in [2.24, 2.45) is 5.73 Å². The first-order valence-corrected chi connectivity index (χ1v) is 9.38. The molecule has 0 radical (unpaired) electrons. The summed E-state index contributed by atoms with van der Waals surface area (Å²) in [7, 11) is 0. The number of carboxylic acid groups (broad SMARTS) is 1. The van der Waals surface area contributed by atoms with Gasteiger partial charge in [0.15, 0.2) is 0 Å². The molecule has 3 N–H and O–H groups in total. The van der Waals surface area contributed by atoms with Crippen molar-refractivity contribution in [1.29, 1.82) is 0 Å². The minimum absolute atomic E-state index is 0.0521. The molecule has 23 heavy (non-hydrogen) atoms. The number of nitrogens with zero attached hydrogens (tertiary/aromatic N) is 1. The number of halogens is 2. The number of alkyl halides is 2. The van der Waals surface area contributed by atoms with Crippen molar-refractivity contribution < 1.29 is 19.4 Å². The molecular weight excluding hydrogens is 432 g/mol. The molecule has 1 aromatic carbocycles. The number of hydrogen-bond donors (Lipinski definition) is 2. The van der Waals surface area contributed by atoms with E-state index in [0.29, 0.717) is 5.75 Å². The van der Waals surface area contributed by atoms with Crippen LogP contribution in [0.4, 0.5) is 5.69 Å². The van der Waals surface area contributed by atoms with E-state index in [4.69, 9.17) is 15.6 Å². The number of rotatable bonds is 10. The molecule has 0 aliphatic carbocycles. The molecule has 0 saturated carbocycles. The number of esters is 1. The van der Waals surface area contributed by atoms with E-state index >= 15 is 0 Å². The summed E-state index contributed by atoms with van der Waals surface area (Å²) in [5.41, 5.74) is 6.64. The first-order chi connectivity index (χ1) is 11.0. The van der Waals surface area contributed by atoms with E-state index in [0.717, 1.165) is 29.4 Å². The van der Waals surface area contributed by atoms with Gasteiger partial charge in [0.1, 0.15) is 11.8 Å². The summed E-state index contributed by atoms with van der Waals surface area (Å²) in [6.45, 7) is 1.73. The molecule has 1 rings (SSSR count). The van der Waals surface area contributed by atoms with Crippen LogP contribution in [0.15, 0.2) is 24.3 Å². The van der Waals surface area contributed by atoms with E-state index in [1.54, 1.807) is 12.1 Å². The van der Waals surface area contributed by atoms with Gasteiger partial charge >= 0.3 is 11.9 Å². The Morgan fingerprint density at radius 2 is 1.74 bits per heavy atom. The maximum absolute atomic E-state index is 11.8. The summed E-state index contributed by atoms with van der Waals surface area (Å²) in [6, 6.07) is 6.20. The van der Waals surface area contributed by atoms with Crippen molar-refractivity contribution in [2.45, 2.75) is 18.9 Å². The van der Waals surface area contributed by atoms with E-state index in [9.17, 15) is 9.59 Å². The second-order valence-electron chi connectivity index (χ2n) is 4.82. The Hall–Kier alpha value is -1.12. The van der Waals surface area contributed by atoms with Gasteiger partial charge in [-0.1, -0.05) is 31.9 Å². The Morgan fingerprint density at radius 3 is 2.22 bits per heavy atom. The fourth-order valence-corrected chi connectivity index (χ4v) is 2.74. The van der Waals surface area contributed by atoms with E-state index in [-0.39, 0.29) is 12.8 Å². The first-order valence-electron chi connectivity index (χ1n) is 7.14.